The first-order chi connectivity index (χ1) is 16.9. The van der Waals surface area contributed by atoms with Crippen LogP contribution in [0.25, 0.3) is 11.3 Å². The summed E-state index contributed by atoms with van der Waals surface area (Å²) in [6, 6.07) is 8.07. The van der Waals surface area contributed by atoms with Crippen molar-refractivity contribution in [1.29, 1.82) is 0 Å². The normalized spacial score (nSPS) is 11.1. The van der Waals surface area contributed by atoms with Crippen LogP contribution in [0.1, 0.15) is 42.4 Å². The predicted octanol–water partition coefficient (Wildman–Crippen LogP) is 3.13. The number of hydrogen-bond acceptors (Lipinski definition) is 8. The predicted molar refractivity (Wildman–Crippen MR) is 131 cm³/mol. The maximum absolute atomic E-state index is 12.7. The Labute approximate surface area is 207 Å². The topological polar surface area (TPSA) is 164 Å². The molecule has 0 unspecified atom stereocenters. The Morgan fingerprint density at radius 1 is 1.22 bits per heavy atom. The second-order valence-corrected chi connectivity index (χ2v) is 9.05. The van der Waals surface area contributed by atoms with Gasteiger partial charge in [-0.05, 0) is 35.6 Å². The van der Waals surface area contributed by atoms with Crippen molar-refractivity contribution in [2.24, 2.45) is 12.8 Å². The molecule has 0 saturated carbocycles. The lowest BCUT2D eigenvalue weighted by Gasteiger charge is -2.21. The summed E-state index contributed by atoms with van der Waals surface area (Å²) in [4.78, 5) is 39.3. The van der Waals surface area contributed by atoms with Gasteiger partial charge in [-0.25, -0.2) is 9.78 Å². The zero-order chi connectivity index (χ0) is 26.6. The summed E-state index contributed by atoms with van der Waals surface area (Å²) in [5, 5.41) is 18.7. The van der Waals surface area contributed by atoms with Crippen molar-refractivity contribution in [3.05, 3.63) is 63.5 Å². The molecular formula is C24H28N6O6. The summed E-state index contributed by atoms with van der Waals surface area (Å²) in [6.45, 7) is 5.89. The quantitative estimate of drug-likeness (QED) is 0.355. The molecule has 2 heterocycles. The highest BCUT2D eigenvalue weighted by atomic mass is 16.6. The molecule has 0 radical (unpaired) electrons. The average molecular weight is 497 g/mol. The molecule has 2 aromatic heterocycles. The number of amides is 2. The Balaban J connectivity index is 1.81. The molecule has 36 heavy (non-hydrogen) atoms. The van der Waals surface area contributed by atoms with Crippen LogP contribution in [0.4, 0.5) is 10.5 Å². The van der Waals surface area contributed by atoms with Gasteiger partial charge in [-0.3, -0.25) is 19.6 Å². The number of nitrogens with two attached hydrogens (primary N) is 1. The van der Waals surface area contributed by atoms with Gasteiger partial charge in [-0.1, -0.05) is 26.8 Å². The van der Waals surface area contributed by atoms with E-state index in [0.717, 1.165) is 0 Å². The first-order valence-electron chi connectivity index (χ1n) is 11.0. The highest BCUT2D eigenvalue weighted by molar-refractivity contribution is 5.92. The van der Waals surface area contributed by atoms with E-state index in [4.69, 9.17) is 15.2 Å². The summed E-state index contributed by atoms with van der Waals surface area (Å²) in [5.41, 5.74) is 6.81. The van der Waals surface area contributed by atoms with E-state index >= 15 is 0 Å². The number of benzene rings is 1. The molecule has 12 nitrogen and oxygen atoms in total. The Kier molecular flexibility index (Phi) is 7.56. The zero-order valence-electron chi connectivity index (χ0n) is 20.7. The molecule has 0 aliphatic carbocycles. The molecule has 0 aliphatic heterocycles. The average Bonchev–Trinajstić information content (AvgIpc) is 3.23. The molecule has 0 atom stereocenters. The van der Waals surface area contributed by atoms with E-state index in [2.05, 4.69) is 15.4 Å². The molecular weight excluding hydrogens is 468 g/mol. The van der Waals surface area contributed by atoms with Gasteiger partial charge in [-0.15, -0.1) is 0 Å². The summed E-state index contributed by atoms with van der Waals surface area (Å²) >= 11 is 0. The van der Waals surface area contributed by atoms with Gasteiger partial charge >= 0.3 is 11.8 Å². The SMILES string of the molecule is COc1c(-c2ccn(C)n2)cc(CCNC(=O)c2ccc(C(C)(C)C)c(OC(N)=O)n2)cc1[N+](=O)[O-]. The van der Waals surface area contributed by atoms with Crippen LogP contribution in [0.3, 0.4) is 0 Å². The van der Waals surface area contributed by atoms with Crippen LogP contribution < -0.4 is 20.5 Å². The summed E-state index contributed by atoms with van der Waals surface area (Å²) in [7, 11) is 3.11. The number of aromatic nitrogens is 3. The van der Waals surface area contributed by atoms with Crippen molar-refractivity contribution in [1.82, 2.24) is 20.1 Å². The van der Waals surface area contributed by atoms with Crippen LogP contribution in [-0.2, 0) is 18.9 Å². The number of primary amides is 1. The second-order valence-electron chi connectivity index (χ2n) is 9.05. The van der Waals surface area contributed by atoms with E-state index in [9.17, 15) is 19.7 Å². The van der Waals surface area contributed by atoms with Gasteiger partial charge in [0.05, 0.1) is 23.3 Å². The Bertz CT molecular complexity index is 1310. The Hall–Kier alpha value is -4.48. The number of rotatable bonds is 8. The highest BCUT2D eigenvalue weighted by Crippen LogP contribution is 2.38. The number of carbonyl (C=O) groups is 2. The number of hydrogen-bond donors (Lipinski definition) is 2. The second kappa shape index (κ2) is 10.4. The van der Waals surface area contributed by atoms with Crippen LogP contribution in [-0.4, -0.2) is 45.3 Å². The number of nitro groups is 1. The van der Waals surface area contributed by atoms with Gasteiger partial charge in [0.25, 0.3) is 5.91 Å². The van der Waals surface area contributed by atoms with E-state index in [1.807, 2.05) is 20.8 Å². The minimum Gasteiger partial charge on any atom is -0.490 e. The van der Waals surface area contributed by atoms with Gasteiger partial charge in [0.2, 0.25) is 11.6 Å². The number of nitrogens with zero attached hydrogens (tertiary/aromatic N) is 4. The fraction of sp³-hybridized carbons (Fsp3) is 0.333. The van der Waals surface area contributed by atoms with Crippen molar-refractivity contribution >= 4 is 17.7 Å². The fourth-order valence-electron chi connectivity index (χ4n) is 3.64. The first-order valence-corrected chi connectivity index (χ1v) is 11.0. The minimum absolute atomic E-state index is 0.0339. The molecule has 3 N–H and O–H groups in total. The molecule has 3 rings (SSSR count). The number of pyridine rings is 1. The van der Waals surface area contributed by atoms with Crippen LogP contribution in [0.15, 0.2) is 36.5 Å². The minimum atomic E-state index is -1.03. The van der Waals surface area contributed by atoms with Gasteiger partial charge in [0, 0.05) is 31.4 Å². The summed E-state index contributed by atoms with van der Waals surface area (Å²) < 4.78 is 11.9. The summed E-state index contributed by atoms with van der Waals surface area (Å²) in [6.07, 6.45) is 0.985. The van der Waals surface area contributed by atoms with Crippen molar-refractivity contribution in [2.75, 3.05) is 13.7 Å². The number of aryl methyl sites for hydroxylation is 1. The van der Waals surface area contributed by atoms with E-state index in [0.29, 0.717) is 28.8 Å². The third kappa shape index (κ3) is 5.95. The monoisotopic (exact) mass is 496 g/mol. The molecule has 0 aliphatic rings. The van der Waals surface area contributed by atoms with Crippen molar-refractivity contribution in [3.63, 3.8) is 0 Å². The van der Waals surface area contributed by atoms with Crippen molar-refractivity contribution in [2.45, 2.75) is 32.6 Å². The van der Waals surface area contributed by atoms with Gasteiger partial charge in [0.15, 0.2) is 0 Å². The molecule has 190 valence electrons. The molecule has 2 amide bonds. The van der Waals surface area contributed by atoms with Gasteiger partial charge < -0.3 is 20.5 Å². The highest BCUT2D eigenvalue weighted by Gasteiger charge is 2.24. The molecule has 12 heteroatoms. The number of nitro benzene ring substituents is 1. The first kappa shape index (κ1) is 26.1. The molecule has 0 fully saturated rings. The lowest BCUT2D eigenvalue weighted by molar-refractivity contribution is -0.385. The van der Waals surface area contributed by atoms with Gasteiger partial charge in [-0.2, -0.15) is 5.10 Å². The molecule has 0 saturated heterocycles. The number of ether oxygens (including phenoxy) is 2. The fourth-order valence-corrected chi connectivity index (χ4v) is 3.64. The van der Waals surface area contributed by atoms with Crippen LogP contribution in [0.5, 0.6) is 11.6 Å². The van der Waals surface area contributed by atoms with E-state index in [-0.39, 0.29) is 29.6 Å². The number of carbonyl (C=O) groups excluding carboxylic acids is 2. The summed E-state index contributed by atoms with van der Waals surface area (Å²) in [5.74, 6) is -0.428. The maximum atomic E-state index is 12.7. The van der Waals surface area contributed by atoms with Crippen LogP contribution in [0, 0.1) is 10.1 Å². The molecule has 0 spiro atoms. The number of nitrogens with one attached hydrogen (secondary N) is 1. The maximum Gasteiger partial charge on any atom is 0.411 e. The standard InChI is InChI=1S/C24H28N6O6/c1-24(2,3)16-6-7-18(27-22(16)36-23(25)32)21(31)26-10-8-14-12-15(17-9-11-29(4)28-17)20(35-5)19(13-14)30(33)34/h6-7,9,11-13H,8,10H2,1-5H3,(H2,25,32)(H,26,31). The lowest BCUT2D eigenvalue weighted by Crippen LogP contribution is -2.28. The molecule has 1 aromatic carbocycles. The van der Waals surface area contributed by atoms with Crippen molar-refractivity contribution in [3.8, 4) is 22.9 Å². The van der Waals surface area contributed by atoms with Crippen molar-refractivity contribution < 1.29 is 24.0 Å². The molecule has 0 bridgehead atoms. The van der Waals surface area contributed by atoms with E-state index in [1.165, 1.54) is 19.2 Å². The van der Waals surface area contributed by atoms with Crippen LogP contribution >= 0.6 is 0 Å². The van der Waals surface area contributed by atoms with E-state index in [1.54, 1.807) is 36.1 Å². The third-order valence-electron chi connectivity index (χ3n) is 5.32. The Morgan fingerprint density at radius 2 is 1.94 bits per heavy atom. The van der Waals surface area contributed by atoms with E-state index < -0.39 is 22.3 Å². The largest absolute Gasteiger partial charge is 0.490 e. The number of methoxy groups -OCH3 is 1. The lowest BCUT2D eigenvalue weighted by atomic mass is 9.87. The molecule has 3 aromatic rings. The Morgan fingerprint density at radius 3 is 2.50 bits per heavy atom. The van der Waals surface area contributed by atoms with Crippen LogP contribution in [0.2, 0.25) is 0 Å². The zero-order valence-corrected chi connectivity index (χ0v) is 20.7. The van der Waals surface area contributed by atoms with Gasteiger partial charge in [0.1, 0.15) is 5.69 Å². The smallest absolute Gasteiger partial charge is 0.411 e. The third-order valence-corrected chi connectivity index (χ3v) is 5.32.